The van der Waals surface area contributed by atoms with E-state index in [0.717, 1.165) is 23.2 Å². The molecule has 2 nitrogen and oxygen atoms in total. The highest BCUT2D eigenvalue weighted by Crippen LogP contribution is 2.27. The van der Waals surface area contributed by atoms with Crippen molar-refractivity contribution in [1.82, 2.24) is 9.88 Å². The average Bonchev–Trinajstić information content (AvgIpc) is 2.81. The van der Waals surface area contributed by atoms with Crippen LogP contribution in [0, 0.1) is 5.82 Å². The van der Waals surface area contributed by atoms with Gasteiger partial charge in [0, 0.05) is 23.6 Å². The fraction of sp³-hybridized carbons (Fsp3) is 0.176. The molecule has 0 bridgehead atoms. The normalized spacial score (nSPS) is 11.4. The second-order valence-electron chi connectivity index (χ2n) is 5.32. The molecule has 1 N–H and O–H groups in total. The van der Waals surface area contributed by atoms with E-state index in [1.165, 1.54) is 23.1 Å². The van der Waals surface area contributed by atoms with Gasteiger partial charge in [-0.1, -0.05) is 18.2 Å². The maximum Gasteiger partial charge on any atom is 0.123 e. The number of benzene rings is 2. The highest BCUT2D eigenvalue weighted by Gasteiger charge is 2.07. The van der Waals surface area contributed by atoms with E-state index < -0.39 is 0 Å². The number of nitrogens with zero attached hydrogens (tertiary/aromatic N) is 1. The molecule has 0 saturated heterocycles. The highest BCUT2D eigenvalue weighted by atomic mass is 19.1. The predicted molar refractivity (Wildman–Crippen MR) is 81.1 cm³/mol. The molecule has 0 aliphatic heterocycles. The Labute approximate surface area is 117 Å². The molecule has 0 fully saturated rings. The number of hydrogen-bond acceptors (Lipinski definition) is 1. The zero-order valence-electron chi connectivity index (χ0n) is 11.7. The van der Waals surface area contributed by atoms with Gasteiger partial charge in [-0.15, -0.1) is 0 Å². The van der Waals surface area contributed by atoms with Gasteiger partial charge < -0.3 is 9.88 Å². The Hall–Kier alpha value is -2.13. The number of aromatic amines is 1. The van der Waals surface area contributed by atoms with Crippen LogP contribution in [0.5, 0.6) is 0 Å². The highest BCUT2D eigenvalue weighted by molar-refractivity contribution is 5.88. The lowest BCUT2D eigenvalue weighted by molar-refractivity contribution is 0.404. The minimum atomic E-state index is -0.204. The van der Waals surface area contributed by atoms with Gasteiger partial charge in [0.2, 0.25) is 0 Å². The van der Waals surface area contributed by atoms with E-state index >= 15 is 0 Å². The Morgan fingerprint density at radius 2 is 1.70 bits per heavy atom. The van der Waals surface area contributed by atoms with Crippen LogP contribution in [0.2, 0.25) is 0 Å². The zero-order chi connectivity index (χ0) is 14.1. The van der Waals surface area contributed by atoms with Crippen molar-refractivity contribution >= 4 is 10.9 Å². The Morgan fingerprint density at radius 3 is 2.40 bits per heavy atom. The number of H-pyrrole nitrogens is 1. The fourth-order valence-corrected chi connectivity index (χ4v) is 2.47. The number of nitrogens with one attached hydrogen (secondary N) is 1. The van der Waals surface area contributed by atoms with E-state index in [4.69, 9.17) is 0 Å². The summed E-state index contributed by atoms with van der Waals surface area (Å²) in [6.07, 6.45) is 2.05. The Bertz CT molecular complexity index is 726. The standard InChI is InChI=1S/C17H17FN2/c1-20(2)11-14-10-19-17-8-5-13(9-16(14)17)12-3-6-15(18)7-4-12/h3-10,19H,11H2,1-2H3. The first kappa shape index (κ1) is 12.9. The summed E-state index contributed by atoms with van der Waals surface area (Å²) in [6, 6.07) is 12.9. The van der Waals surface area contributed by atoms with Crippen molar-refractivity contribution in [2.75, 3.05) is 14.1 Å². The molecule has 1 heterocycles. The zero-order valence-corrected chi connectivity index (χ0v) is 11.7. The molecule has 2 aromatic carbocycles. The van der Waals surface area contributed by atoms with Gasteiger partial charge >= 0.3 is 0 Å². The Balaban J connectivity index is 2.06. The van der Waals surface area contributed by atoms with Gasteiger partial charge in [-0.05, 0) is 55.1 Å². The molecule has 3 rings (SSSR count). The molecular weight excluding hydrogens is 251 g/mol. The third kappa shape index (κ3) is 2.45. The molecule has 0 spiro atoms. The molecule has 0 amide bonds. The van der Waals surface area contributed by atoms with E-state index in [0.29, 0.717) is 0 Å². The van der Waals surface area contributed by atoms with E-state index in [9.17, 15) is 4.39 Å². The average molecular weight is 268 g/mol. The molecule has 20 heavy (non-hydrogen) atoms. The largest absolute Gasteiger partial charge is 0.361 e. The van der Waals surface area contributed by atoms with E-state index in [2.05, 4.69) is 48.4 Å². The molecule has 3 aromatic rings. The van der Waals surface area contributed by atoms with E-state index in [-0.39, 0.29) is 5.82 Å². The lowest BCUT2D eigenvalue weighted by atomic mass is 10.0. The molecule has 0 unspecified atom stereocenters. The molecule has 1 aromatic heterocycles. The van der Waals surface area contributed by atoms with Gasteiger partial charge in [0.15, 0.2) is 0 Å². The van der Waals surface area contributed by atoms with Gasteiger partial charge in [0.05, 0.1) is 0 Å². The topological polar surface area (TPSA) is 19.0 Å². The van der Waals surface area contributed by atoms with Crippen molar-refractivity contribution in [2.24, 2.45) is 0 Å². The van der Waals surface area contributed by atoms with Crippen LogP contribution in [0.3, 0.4) is 0 Å². The van der Waals surface area contributed by atoms with Crippen LogP contribution >= 0.6 is 0 Å². The van der Waals surface area contributed by atoms with Crippen molar-refractivity contribution in [2.45, 2.75) is 6.54 Å². The van der Waals surface area contributed by atoms with Crippen LogP contribution < -0.4 is 0 Å². The summed E-state index contributed by atoms with van der Waals surface area (Å²) >= 11 is 0. The summed E-state index contributed by atoms with van der Waals surface area (Å²) in [4.78, 5) is 5.44. The summed E-state index contributed by atoms with van der Waals surface area (Å²) in [5.74, 6) is -0.204. The smallest absolute Gasteiger partial charge is 0.123 e. The van der Waals surface area contributed by atoms with Crippen molar-refractivity contribution in [1.29, 1.82) is 0 Å². The molecular formula is C17H17FN2. The maximum absolute atomic E-state index is 13.0. The Morgan fingerprint density at radius 1 is 1.00 bits per heavy atom. The predicted octanol–water partition coefficient (Wildman–Crippen LogP) is 4.04. The van der Waals surface area contributed by atoms with Gasteiger partial charge in [0.1, 0.15) is 5.82 Å². The summed E-state index contributed by atoms with van der Waals surface area (Å²) in [7, 11) is 4.12. The third-order valence-electron chi connectivity index (χ3n) is 3.43. The molecule has 0 atom stereocenters. The van der Waals surface area contributed by atoms with Crippen molar-refractivity contribution in [3.63, 3.8) is 0 Å². The fourth-order valence-electron chi connectivity index (χ4n) is 2.47. The number of aromatic nitrogens is 1. The van der Waals surface area contributed by atoms with Crippen LogP contribution in [-0.4, -0.2) is 24.0 Å². The van der Waals surface area contributed by atoms with Crippen LogP contribution in [0.15, 0.2) is 48.7 Å². The van der Waals surface area contributed by atoms with Gasteiger partial charge in [-0.25, -0.2) is 4.39 Å². The second kappa shape index (κ2) is 5.10. The van der Waals surface area contributed by atoms with Crippen LogP contribution in [-0.2, 0) is 6.54 Å². The molecule has 102 valence electrons. The van der Waals surface area contributed by atoms with Gasteiger partial charge in [0.25, 0.3) is 0 Å². The lowest BCUT2D eigenvalue weighted by Gasteiger charge is -2.08. The second-order valence-corrected chi connectivity index (χ2v) is 5.32. The molecule has 0 saturated carbocycles. The van der Waals surface area contributed by atoms with E-state index in [1.54, 1.807) is 0 Å². The number of halogens is 1. The molecule has 0 aliphatic carbocycles. The van der Waals surface area contributed by atoms with Gasteiger partial charge in [-0.2, -0.15) is 0 Å². The number of hydrogen-bond donors (Lipinski definition) is 1. The monoisotopic (exact) mass is 268 g/mol. The van der Waals surface area contributed by atoms with Crippen molar-refractivity contribution < 1.29 is 4.39 Å². The third-order valence-corrected chi connectivity index (χ3v) is 3.43. The molecule has 0 radical (unpaired) electrons. The minimum absolute atomic E-state index is 0.204. The first-order valence-electron chi connectivity index (χ1n) is 6.64. The SMILES string of the molecule is CN(C)Cc1c[nH]c2ccc(-c3ccc(F)cc3)cc12. The summed E-state index contributed by atoms with van der Waals surface area (Å²) in [6.45, 7) is 0.896. The first-order chi connectivity index (χ1) is 9.63. The lowest BCUT2D eigenvalue weighted by Crippen LogP contribution is -2.10. The summed E-state index contributed by atoms with van der Waals surface area (Å²) in [5, 5.41) is 1.22. The van der Waals surface area contributed by atoms with Crippen LogP contribution in [0.25, 0.3) is 22.0 Å². The van der Waals surface area contributed by atoms with Crippen molar-refractivity contribution in [3.8, 4) is 11.1 Å². The number of rotatable bonds is 3. The first-order valence-corrected chi connectivity index (χ1v) is 6.64. The van der Waals surface area contributed by atoms with Crippen LogP contribution in [0.4, 0.5) is 4.39 Å². The summed E-state index contributed by atoms with van der Waals surface area (Å²) in [5.41, 5.74) is 4.55. The van der Waals surface area contributed by atoms with Crippen LogP contribution in [0.1, 0.15) is 5.56 Å². The van der Waals surface area contributed by atoms with Crippen molar-refractivity contribution in [3.05, 3.63) is 60.0 Å². The number of fused-ring (bicyclic) bond motifs is 1. The summed E-state index contributed by atoms with van der Waals surface area (Å²) < 4.78 is 13.0. The minimum Gasteiger partial charge on any atom is -0.361 e. The molecule has 0 aliphatic rings. The van der Waals surface area contributed by atoms with Gasteiger partial charge in [-0.3, -0.25) is 0 Å². The van der Waals surface area contributed by atoms with E-state index in [1.807, 2.05) is 12.1 Å². The quantitative estimate of drug-likeness (QED) is 0.759. The Kier molecular flexibility index (Phi) is 3.28. The molecule has 3 heteroatoms. The maximum atomic E-state index is 13.0.